The van der Waals surface area contributed by atoms with Gasteiger partial charge in [0.25, 0.3) is 0 Å². The average Bonchev–Trinajstić information content (AvgIpc) is 2.67. The molecule has 106 valence electrons. The van der Waals surface area contributed by atoms with Crippen LogP contribution in [0, 0.1) is 6.92 Å². The van der Waals surface area contributed by atoms with Crippen molar-refractivity contribution in [2.24, 2.45) is 5.11 Å². The van der Waals surface area contributed by atoms with E-state index in [1.54, 1.807) is 6.07 Å². The molecule has 0 radical (unpaired) electrons. The van der Waals surface area contributed by atoms with E-state index in [0.29, 0.717) is 11.1 Å². The Hall–Kier alpha value is -3.03. The summed E-state index contributed by atoms with van der Waals surface area (Å²) in [5.41, 5.74) is 11.9. The minimum Gasteiger partial charge on any atom is -0.0622 e. The molecule has 0 fully saturated rings. The van der Waals surface area contributed by atoms with Gasteiger partial charge in [-0.05, 0) is 40.3 Å². The largest absolute Gasteiger partial charge is 0.0629 e. The topological polar surface area (TPSA) is 48.8 Å². The van der Waals surface area contributed by atoms with Crippen molar-refractivity contribution >= 4 is 5.69 Å². The van der Waals surface area contributed by atoms with Gasteiger partial charge in [0, 0.05) is 4.91 Å². The second kappa shape index (κ2) is 6.17. The minimum absolute atomic E-state index is 0.0179. The number of nitrogens with zero attached hydrogens (tertiary/aromatic N) is 3. The molecule has 0 bridgehead atoms. The Bertz CT molecular complexity index is 1060. The van der Waals surface area contributed by atoms with E-state index < -0.39 is 18.1 Å². The number of hydrogen-bond donors (Lipinski definition) is 0. The molecule has 0 N–H and O–H groups in total. The van der Waals surface area contributed by atoms with E-state index in [4.69, 9.17) is 12.4 Å². The maximum absolute atomic E-state index is 9.08. The van der Waals surface area contributed by atoms with Gasteiger partial charge in [-0.15, -0.1) is 0 Å². The molecule has 0 aliphatic heterocycles. The second-order valence-corrected chi connectivity index (χ2v) is 4.76. The van der Waals surface area contributed by atoms with Crippen molar-refractivity contribution in [3.63, 3.8) is 0 Å². The molecule has 0 aliphatic carbocycles. The molecule has 0 heterocycles. The monoisotopic (exact) mass is 290 g/mol. The standard InChI is InChI=1S/C19H15N3/c1-14-12-17(15-8-4-2-5-9-15)19(21-22-20)18(13-14)16-10-6-3-7-11-16/h2-13H,1H3/i2D,4D,5D,8D,9D. The fourth-order valence-electron chi connectivity index (χ4n) is 2.34. The van der Waals surface area contributed by atoms with Gasteiger partial charge in [0.05, 0.1) is 12.5 Å². The van der Waals surface area contributed by atoms with Gasteiger partial charge in [-0.2, -0.15) is 0 Å². The van der Waals surface area contributed by atoms with E-state index in [1.807, 2.05) is 43.3 Å². The molecule has 3 heteroatoms. The van der Waals surface area contributed by atoms with E-state index >= 15 is 0 Å². The van der Waals surface area contributed by atoms with Crippen molar-refractivity contribution in [2.75, 3.05) is 0 Å². The van der Waals surface area contributed by atoms with E-state index in [0.717, 1.165) is 11.1 Å². The van der Waals surface area contributed by atoms with Gasteiger partial charge in [0.15, 0.2) is 0 Å². The number of rotatable bonds is 3. The summed E-state index contributed by atoms with van der Waals surface area (Å²) in [4.78, 5) is 2.90. The molecule has 0 aliphatic rings. The first-order valence-corrected chi connectivity index (χ1v) is 6.69. The molecule has 0 unspecified atom stereocenters. The van der Waals surface area contributed by atoms with Crippen LogP contribution in [0.25, 0.3) is 32.7 Å². The lowest BCUT2D eigenvalue weighted by molar-refractivity contribution is 1.40. The predicted molar refractivity (Wildman–Crippen MR) is 90.9 cm³/mol. The first-order valence-electron chi connectivity index (χ1n) is 9.19. The number of aryl methyl sites for hydroxylation is 1. The highest BCUT2D eigenvalue weighted by atomic mass is 15.1. The first-order chi connectivity index (χ1) is 12.9. The molecule has 3 aromatic rings. The molecule has 3 nitrogen and oxygen atoms in total. The Morgan fingerprint density at radius 1 is 0.955 bits per heavy atom. The average molecular weight is 290 g/mol. The Kier molecular flexibility index (Phi) is 2.55. The zero-order chi connectivity index (χ0) is 19.7. The van der Waals surface area contributed by atoms with Crippen molar-refractivity contribution in [2.45, 2.75) is 6.92 Å². The highest BCUT2D eigenvalue weighted by Crippen LogP contribution is 2.40. The normalized spacial score (nSPS) is 13.2. The summed E-state index contributed by atoms with van der Waals surface area (Å²) in [7, 11) is 0. The summed E-state index contributed by atoms with van der Waals surface area (Å²) in [5.74, 6) is 0. The summed E-state index contributed by atoms with van der Waals surface area (Å²) in [6.07, 6.45) is 0. The summed E-state index contributed by atoms with van der Waals surface area (Å²) in [5, 5.41) is 3.81. The molecule has 0 amide bonds. The van der Waals surface area contributed by atoms with Crippen LogP contribution < -0.4 is 0 Å². The van der Waals surface area contributed by atoms with Gasteiger partial charge in [-0.1, -0.05) is 77.8 Å². The van der Waals surface area contributed by atoms with E-state index in [2.05, 4.69) is 10.0 Å². The third kappa shape index (κ3) is 2.71. The third-order valence-electron chi connectivity index (χ3n) is 3.25. The van der Waals surface area contributed by atoms with Crippen LogP contribution >= 0.6 is 0 Å². The van der Waals surface area contributed by atoms with Crippen molar-refractivity contribution in [1.82, 2.24) is 0 Å². The van der Waals surface area contributed by atoms with Gasteiger partial charge in [0.1, 0.15) is 0 Å². The SMILES string of the molecule is [2H]c1c([2H])c([2H])c(-c2cc(C)cc(-c3ccccc3)c2N=[N+]=[N-])c([2H])c1[2H]. The Balaban J connectivity index is 2.46. The molecule has 22 heavy (non-hydrogen) atoms. The van der Waals surface area contributed by atoms with Gasteiger partial charge in [-0.3, -0.25) is 0 Å². The lowest BCUT2D eigenvalue weighted by atomic mass is 9.94. The zero-order valence-electron chi connectivity index (χ0n) is 16.9. The zero-order valence-corrected chi connectivity index (χ0v) is 11.9. The number of hydrogen-bond acceptors (Lipinski definition) is 1. The summed E-state index contributed by atoms with van der Waals surface area (Å²) in [6.45, 7) is 1.84. The van der Waals surface area contributed by atoms with Crippen molar-refractivity contribution in [3.05, 3.63) is 88.7 Å². The van der Waals surface area contributed by atoms with Crippen LogP contribution in [0.2, 0.25) is 0 Å². The molecule has 0 atom stereocenters. The third-order valence-corrected chi connectivity index (χ3v) is 3.25. The quantitative estimate of drug-likeness (QED) is 0.310. The predicted octanol–water partition coefficient (Wildman–Crippen LogP) is 6.27. The van der Waals surface area contributed by atoms with Gasteiger partial charge < -0.3 is 0 Å². The fraction of sp³-hybridized carbons (Fsp3) is 0.0526. The van der Waals surface area contributed by atoms with Crippen LogP contribution in [0.4, 0.5) is 5.69 Å². The molecule has 0 aromatic heterocycles. The molecule has 3 aromatic carbocycles. The lowest BCUT2D eigenvalue weighted by Gasteiger charge is -2.13. The summed E-state index contributed by atoms with van der Waals surface area (Å²) < 4.78 is 40.1. The highest BCUT2D eigenvalue weighted by molar-refractivity contribution is 5.89. The molecule has 0 spiro atoms. The Morgan fingerprint density at radius 2 is 1.59 bits per heavy atom. The summed E-state index contributed by atoms with van der Waals surface area (Å²) in [6, 6.07) is 10.8. The van der Waals surface area contributed by atoms with Crippen molar-refractivity contribution in [3.8, 4) is 22.3 Å². The van der Waals surface area contributed by atoms with Crippen molar-refractivity contribution < 1.29 is 6.85 Å². The maximum atomic E-state index is 9.08. The molecular weight excluding hydrogens is 270 g/mol. The van der Waals surface area contributed by atoms with Gasteiger partial charge in [0.2, 0.25) is 0 Å². The Labute approximate surface area is 136 Å². The van der Waals surface area contributed by atoms with Crippen molar-refractivity contribution in [1.29, 1.82) is 0 Å². The number of azide groups is 1. The van der Waals surface area contributed by atoms with Gasteiger partial charge >= 0.3 is 0 Å². The van der Waals surface area contributed by atoms with Crippen LogP contribution in [0.15, 0.2) is 77.8 Å². The highest BCUT2D eigenvalue weighted by Gasteiger charge is 2.11. The smallest absolute Gasteiger partial charge is 0.0622 e. The van der Waals surface area contributed by atoms with Crippen LogP contribution in [0.1, 0.15) is 12.4 Å². The Morgan fingerprint density at radius 3 is 2.23 bits per heavy atom. The van der Waals surface area contributed by atoms with Crippen LogP contribution in [-0.4, -0.2) is 0 Å². The van der Waals surface area contributed by atoms with Crippen LogP contribution in [0.3, 0.4) is 0 Å². The first kappa shape index (κ1) is 9.08. The maximum Gasteiger partial charge on any atom is 0.0629 e. The molecule has 0 saturated carbocycles. The van der Waals surface area contributed by atoms with Gasteiger partial charge in [-0.25, -0.2) is 0 Å². The fourth-order valence-corrected chi connectivity index (χ4v) is 2.34. The number of benzene rings is 3. The molecule has 3 rings (SSSR count). The van der Waals surface area contributed by atoms with Crippen LogP contribution in [-0.2, 0) is 0 Å². The van der Waals surface area contributed by atoms with Crippen LogP contribution in [0.5, 0.6) is 0 Å². The summed E-state index contributed by atoms with van der Waals surface area (Å²) >= 11 is 0. The lowest BCUT2D eigenvalue weighted by Crippen LogP contribution is -1.86. The van der Waals surface area contributed by atoms with E-state index in [9.17, 15) is 0 Å². The van der Waals surface area contributed by atoms with E-state index in [-0.39, 0.29) is 23.3 Å². The minimum atomic E-state index is -0.463. The molecular formula is C19H15N3. The second-order valence-electron chi connectivity index (χ2n) is 4.76. The molecule has 0 saturated heterocycles. The van der Waals surface area contributed by atoms with E-state index in [1.165, 1.54) is 0 Å².